The van der Waals surface area contributed by atoms with Gasteiger partial charge in [0.15, 0.2) is 12.1 Å². The van der Waals surface area contributed by atoms with Crippen molar-refractivity contribution in [2.45, 2.75) is 19.1 Å². The molecule has 1 heterocycles. The average molecular weight is 482 g/mol. The summed E-state index contributed by atoms with van der Waals surface area (Å²) in [5.41, 5.74) is 0.965. The van der Waals surface area contributed by atoms with Crippen molar-refractivity contribution in [3.63, 3.8) is 0 Å². The fourth-order valence-electron chi connectivity index (χ4n) is 3.18. The van der Waals surface area contributed by atoms with Crippen molar-refractivity contribution in [2.24, 2.45) is 10.1 Å². The highest BCUT2D eigenvalue weighted by atomic mass is 16.5. The van der Waals surface area contributed by atoms with Crippen LogP contribution in [0.25, 0.3) is 0 Å². The molecule has 3 N–H and O–H groups in total. The molecule has 2 aromatic rings. The highest BCUT2D eigenvalue weighted by Gasteiger charge is 2.26. The number of benzene rings is 2. The zero-order valence-electron chi connectivity index (χ0n) is 19.1. The Bertz CT molecular complexity index is 1050. The van der Waals surface area contributed by atoms with E-state index in [1.54, 1.807) is 36.4 Å². The average Bonchev–Trinajstić information content (AvgIpc) is 2.89. The molecule has 0 spiro atoms. The van der Waals surface area contributed by atoms with Gasteiger partial charge in [-0.25, -0.2) is 14.6 Å². The van der Waals surface area contributed by atoms with Gasteiger partial charge in [-0.3, -0.25) is 9.79 Å². The molecule has 1 amide bonds. The Morgan fingerprint density at radius 2 is 1.97 bits per heavy atom. The maximum Gasteiger partial charge on any atom is 0.334 e. The van der Waals surface area contributed by atoms with Crippen molar-refractivity contribution in [1.82, 2.24) is 15.6 Å². The molecule has 0 radical (unpaired) electrons. The summed E-state index contributed by atoms with van der Waals surface area (Å²) < 4.78 is 11.1. The SMILES string of the molecule is O=C=NN(C[C@H](OCc1ccccc1)C(=O)O)C(=O)c1ccc(OCCNC2=NCCCN2)cc1. The number of aliphatic carboxylic acids is 1. The summed E-state index contributed by atoms with van der Waals surface area (Å²) in [6, 6.07) is 15.2. The van der Waals surface area contributed by atoms with Gasteiger partial charge in [0.1, 0.15) is 12.4 Å². The Kier molecular flexibility index (Phi) is 9.79. The minimum absolute atomic E-state index is 0.0228. The number of carboxylic acids is 1. The first kappa shape index (κ1) is 25.4. The van der Waals surface area contributed by atoms with Gasteiger partial charge in [0, 0.05) is 18.7 Å². The molecule has 0 saturated carbocycles. The zero-order valence-corrected chi connectivity index (χ0v) is 19.1. The van der Waals surface area contributed by atoms with Crippen molar-refractivity contribution < 1.29 is 29.0 Å². The van der Waals surface area contributed by atoms with Gasteiger partial charge in [-0.05, 0) is 36.2 Å². The Morgan fingerprint density at radius 1 is 1.20 bits per heavy atom. The van der Waals surface area contributed by atoms with Gasteiger partial charge in [0.2, 0.25) is 0 Å². The van der Waals surface area contributed by atoms with Crippen LogP contribution in [0.4, 0.5) is 0 Å². The van der Waals surface area contributed by atoms with Crippen LogP contribution in [0.3, 0.4) is 0 Å². The van der Waals surface area contributed by atoms with E-state index in [4.69, 9.17) is 9.47 Å². The normalized spacial score (nSPS) is 13.4. The monoisotopic (exact) mass is 481 g/mol. The topological polar surface area (TPSA) is 142 Å². The van der Waals surface area contributed by atoms with E-state index in [2.05, 4.69) is 20.7 Å². The molecule has 0 saturated heterocycles. The Balaban J connectivity index is 1.54. The number of nitrogens with one attached hydrogen (secondary N) is 2. The second kappa shape index (κ2) is 13.5. The van der Waals surface area contributed by atoms with Crippen LogP contribution < -0.4 is 15.4 Å². The van der Waals surface area contributed by atoms with E-state index in [0.29, 0.717) is 18.9 Å². The molecule has 1 atom stereocenters. The van der Waals surface area contributed by atoms with Crippen LogP contribution in [-0.4, -0.2) is 72.9 Å². The molecule has 0 aliphatic carbocycles. The van der Waals surface area contributed by atoms with Crippen LogP contribution in [0.5, 0.6) is 5.75 Å². The van der Waals surface area contributed by atoms with Gasteiger partial charge in [-0.2, -0.15) is 0 Å². The fraction of sp³-hybridized carbons (Fsp3) is 0.333. The number of hydrogen-bond donors (Lipinski definition) is 3. The Morgan fingerprint density at radius 3 is 2.63 bits per heavy atom. The lowest BCUT2D eigenvalue weighted by atomic mass is 10.2. The summed E-state index contributed by atoms with van der Waals surface area (Å²) in [4.78, 5) is 39.7. The Hall–Kier alpha value is -4.21. The highest BCUT2D eigenvalue weighted by molar-refractivity contribution is 5.94. The maximum absolute atomic E-state index is 12.8. The lowest BCUT2D eigenvalue weighted by molar-refractivity contribution is -0.152. The molecule has 1 aliphatic heterocycles. The van der Waals surface area contributed by atoms with E-state index >= 15 is 0 Å². The van der Waals surface area contributed by atoms with E-state index in [-0.39, 0.29) is 12.2 Å². The molecule has 184 valence electrons. The number of carbonyl (C=O) groups is 2. The number of amides is 1. The molecule has 2 aromatic carbocycles. The van der Waals surface area contributed by atoms with Crippen LogP contribution in [-0.2, 0) is 20.9 Å². The quantitative estimate of drug-likeness (QED) is 0.179. The predicted octanol–water partition coefficient (Wildman–Crippen LogP) is 1.37. The van der Waals surface area contributed by atoms with Crippen molar-refractivity contribution >= 4 is 23.9 Å². The molecular weight excluding hydrogens is 454 g/mol. The minimum Gasteiger partial charge on any atom is -0.492 e. The molecule has 35 heavy (non-hydrogen) atoms. The number of hydrogen-bond acceptors (Lipinski definition) is 9. The molecule has 11 heteroatoms. The molecule has 0 fully saturated rings. The lowest BCUT2D eigenvalue weighted by Crippen LogP contribution is -2.42. The van der Waals surface area contributed by atoms with Crippen molar-refractivity contribution in [3.8, 4) is 5.75 Å². The van der Waals surface area contributed by atoms with Crippen LogP contribution in [0.15, 0.2) is 64.7 Å². The van der Waals surface area contributed by atoms with Crippen molar-refractivity contribution in [3.05, 3.63) is 65.7 Å². The first-order chi connectivity index (χ1) is 17.1. The van der Waals surface area contributed by atoms with E-state index in [0.717, 1.165) is 36.0 Å². The van der Waals surface area contributed by atoms with E-state index in [9.17, 15) is 19.5 Å². The van der Waals surface area contributed by atoms with Crippen LogP contribution >= 0.6 is 0 Å². The largest absolute Gasteiger partial charge is 0.492 e. The molecule has 0 unspecified atom stereocenters. The number of carbonyl (C=O) groups excluding carboxylic acids is 2. The van der Waals surface area contributed by atoms with E-state index in [1.165, 1.54) is 18.2 Å². The lowest BCUT2D eigenvalue weighted by Gasteiger charge is -2.20. The van der Waals surface area contributed by atoms with E-state index < -0.39 is 24.5 Å². The summed E-state index contributed by atoms with van der Waals surface area (Å²) in [5, 5.41) is 19.9. The summed E-state index contributed by atoms with van der Waals surface area (Å²) in [6.45, 7) is 2.18. The predicted molar refractivity (Wildman–Crippen MR) is 127 cm³/mol. The second-order valence-corrected chi connectivity index (χ2v) is 7.51. The van der Waals surface area contributed by atoms with Crippen molar-refractivity contribution in [1.29, 1.82) is 0 Å². The number of ether oxygens (including phenoxy) is 2. The van der Waals surface area contributed by atoms with Gasteiger partial charge in [-0.15, -0.1) is 0 Å². The van der Waals surface area contributed by atoms with Gasteiger partial charge in [-0.1, -0.05) is 35.4 Å². The third kappa shape index (κ3) is 8.26. The third-order valence-corrected chi connectivity index (χ3v) is 4.97. The first-order valence-corrected chi connectivity index (χ1v) is 11.1. The number of nitrogens with zero attached hydrogens (tertiary/aromatic N) is 3. The summed E-state index contributed by atoms with van der Waals surface area (Å²) >= 11 is 0. The van der Waals surface area contributed by atoms with Gasteiger partial charge in [0.25, 0.3) is 12.0 Å². The minimum atomic E-state index is -1.39. The molecule has 0 aromatic heterocycles. The molecule has 3 rings (SSSR count). The number of hydrazone groups is 1. The van der Waals surface area contributed by atoms with Crippen molar-refractivity contribution in [2.75, 3.05) is 32.8 Å². The standard InChI is InChI=1S/C24H27N5O6/c30-17-28-29(15-21(23(32)33)35-16-18-5-2-1-3-6-18)22(31)19-7-9-20(10-8-19)34-14-13-27-24-25-11-4-12-26-24/h1-3,5-10,21H,4,11-16H2,(H,32,33)(H2,25,26,27)/t21-/m0/s1. The molecule has 0 bridgehead atoms. The number of isocyanates is 1. The number of aliphatic imine (C=N–C) groups is 1. The van der Waals surface area contributed by atoms with E-state index in [1.807, 2.05) is 6.07 Å². The van der Waals surface area contributed by atoms with Crippen LogP contribution in [0.1, 0.15) is 22.3 Å². The Labute approximate surface area is 202 Å². The van der Waals surface area contributed by atoms with Gasteiger partial charge >= 0.3 is 5.97 Å². The van der Waals surface area contributed by atoms with Crippen LogP contribution in [0.2, 0.25) is 0 Å². The van der Waals surface area contributed by atoms with Crippen LogP contribution in [0, 0.1) is 0 Å². The number of guanidine groups is 1. The first-order valence-electron chi connectivity index (χ1n) is 11.1. The summed E-state index contributed by atoms with van der Waals surface area (Å²) in [5.74, 6) is -0.657. The molecule has 1 aliphatic rings. The van der Waals surface area contributed by atoms with Gasteiger partial charge < -0.3 is 25.2 Å². The molecule has 11 nitrogen and oxygen atoms in total. The number of carboxylic acid groups (broad SMARTS) is 1. The fourth-order valence-corrected chi connectivity index (χ4v) is 3.18. The smallest absolute Gasteiger partial charge is 0.334 e. The maximum atomic E-state index is 12.8. The highest BCUT2D eigenvalue weighted by Crippen LogP contribution is 2.15. The number of rotatable bonds is 12. The summed E-state index contributed by atoms with van der Waals surface area (Å²) in [6.07, 6.45) is 0.914. The molecular formula is C24H27N5O6. The third-order valence-electron chi connectivity index (χ3n) is 4.97. The summed E-state index contributed by atoms with van der Waals surface area (Å²) in [7, 11) is 0. The van der Waals surface area contributed by atoms with Gasteiger partial charge in [0.05, 0.1) is 19.7 Å². The second-order valence-electron chi connectivity index (χ2n) is 7.51. The zero-order chi connectivity index (χ0) is 24.9.